The van der Waals surface area contributed by atoms with Crippen molar-refractivity contribution in [3.05, 3.63) is 41.1 Å². The van der Waals surface area contributed by atoms with Gasteiger partial charge in [-0.1, -0.05) is 67.5 Å². The lowest BCUT2D eigenvalue weighted by Crippen LogP contribution is -2.41. The molecule has 6 nitrogen and oxygen atoms in total. The Morgan fingerprint density at radius 2 is 1.73 bits per heavy atom. The number of benzene rings is 1. The lowest BCUT2D eigenvalue weighted by molar-refractivity contribution is -0.136. The second kappa shape index (κ2) is 10.1. The van der Waals surface area contributed by atoms with Crippen molar-refractivity contribution in [3.8, 4) is 5.69 Å². The summed E-state index contributed by atoms with van der Waals surface area (Å²) in [6.45, 7) is 21.2. The summed E-state index contributed by atoms with van der Waals surface area (Å²) in [4.78, 5) is 27.7. The molecule has 2 rings (SSSR count). The van der Waals surface area contributed by atoms with Crippen molar-refractivity contribution < 1.29 is 9.59 Å². The second-order valence-electron chi connectivity index (χ2n) is 11.7. The Balaban J connectivity index is 2.36. The van der Waals surface area contributed by atoms with E-state index in [0.29, 0.717) is 18.8 Å². The summed E-state index contributed by atoms with van der Waals surface area (Å²) in [5.41, 5.74) is 3.79. The molecule has 33 heavy (non-hydrogen) atoms. The van der Waals surface area contributed by atoms with E-state index in [-0.39, 0.29) is 35.1 Å². The first kappa shape index (κ1) is 26.6. The number of carbonyl (C=O) groups excluding carboxylic acids is 2. The van der Waals surface area contributed by atoms with E-state index in [1.807, 2.05) is 43.7 Å². The molecule has 0 atom stereocenters. The molecule has 1 N–H and O–H groups in total. The maximum absolute atomic E-state index is 13.1. The molecule has 2 amide bonds. The van der Waals surface area contributed by atoms with Gasteiger partial charge in [-0.2, -0.15) is 5.10 Å². The molecule has 6 heteroatoms. The predicted molar refractivity (Wildman–Crippen MR) is 136 cm³/mol. The van der Waals surface area contributed by atoms with Gasteiger partial charge in [0, 0.05) is 24.4 Å². The largest absolute Gasteiger partial charge is 0.333 e. The van der Waals surface area contributed by atoms with Gasteiger partial charge >= 0.3 is 0 Å². The van der Waals surface area contributed by atoms with Gasteiger partial charge in [-0.05, 0) is 42.4 Å². The van der Waals surface area contributed by atoms with Crippen molar-refractivity contribution >= 4 is 17.6 Å². The first-order valence-electron chi connectivity index (χ1n) is 11.8. The second-order valence-corrected chi connectivity index (χ2v) is 11.7. The van der Waals surface area contributed by atoms with Gasteiger partial charge < -0.3 is 10.2 Å². The van der Waals surface area contributed by atoms with E-state index in [2.05, 4.69) is 59.8 Å². The molecule has 0 fully saturated rings. The summed E-state index contributed by atoms with van der Waals surface area (Å²) < 4.78 is 1.81. The van der Waals surface area contributed by atoms with Gasteiger partial charge in [0.25, 0.3) is 0 Å². The maximum atomic E-state index is 13.1. The highest BCUT2D eigenvalue weighted by Gasteiger charge is 2.26. The van der Waals surface area contributed by atoms with E-state index >= 15 is 0 Å². The Hall–Kier alpha value is -2.63. The summed E-state index contributed by atoms with van der Waals surface area (Å²) in [6, 6.07) is 8.01. The smallest absolute Gasteiger partial charge is 0.245 e. The molecule has 1 aromatic carbocycles. The van der Waals surface area contributed by atoms with Crippen LogP contribution in [0.2, 0.25) is 0 Å². The Bertz CT molecular complexity index is 991. The third kappa shape index (κ3) is 7.44. The molecular weight excluding hydrogens is 412 g/mol. The quantitative estimate of drug-likeness (QED) is 0.588. The molecule has 0 saturated carbocycles. The van der Waals surface area contributed by atoms with Crippen molar-refractivity contribution in [3.63, 3.8) is 0 Å². The average Bonchev–Trinajstić information content (AvgIpc) is 3.05. The van der Waals surface area contributed by atoms with Crippen LogP contribution < -0.4 is 5.32 Å². The molecule has 0 unspecified atom stereocenters. The van der Waals surface area contributed by atoms with Crippen molar-refractivity contribution in [1.29, 1.82) is 0 Å². The zero-order chi connectivity index (χ0) is 25.1. The number of aromatic nitrogens is 2. The van der Waals surface area contributed by atoms with E-state index in [9.17, 15) is 9.59 Å². The predicted octanol–water partition coefficient (Wildman–Crippen LogP) is 5.65. The van der Waals surface area contributed by atoms with Crippen LogP contribution in [0.15, 0.2) is 24.3 Å². The summed E-state index contributed by atoms with van der Waals surface area (Å²) in [5, 5.41) is 7.88. The van der Waals surface area contributed by atoms with Crippen LogP contribution in [-0.2, 0) is 15.0 Å². The average molecular weight is 455 g/mol. The highest BCUT2D eigenvalue weighted by Crippen LogP contribution is 2.28. The lowest BCUT2D eigenvalue weighted by atomic mass is 9.91. The molecular formula is C27H42N4O2. The first-order valence-corrected chi connectivity index (χ1v) is 11.8. The lowest BCUT2D eigenvalue weighted by Gasteiger charge is -2.27. The molecule has 0 saturated heterocycles. The van der Waals surface area contributed by atoms with Gasteiger partial charge in [0.15, 0.2) is 0 Å². The Morgan fingerprint density at radius 3 is 2.27 bits per heavy atom. The van der Waals surface area contributed by atoms with Gasteiger partial charge in [-0.25, -0.2) is 4.68 Å². The van der Waals surface area contributed by atoms with Crippen molar-refractivity contribution in [2.24, 2.45) is 11.3 Å². The van der Waals surface area contributed by atoms with Gasteiger partial charge in [0.1, 0.15) is 5.82 Å². The van der Waals surface area contributed by atoms with Crippen LogP contribution in [-0.4, -0.2) is 39.6 Å². The van der Waals surface area contributed by atoms with Gasteiger partial charge in [0.2, 0.25) is 11.8 Å². The third-order valence-electron chi connectivity index (χ3n) is 5.50. The number of hydrogen-bond donors (Lipinski definition) is 1. The summed E-state index contributed by atoms with van der Waals surface area (Å²) in [7, 11) is 0. The maximum Gasteiger partial charge on any atom is 0.245 e. The fourth-order valence-electron chi connectivity index (χ4n) is 3.60. The van der Waals surface area contributed by atoms with E-state index in [4.69, 9.17) is 5.10 Å². The molecule has 0 aliphatic rings. The molecule has 182 valence electrons. The molecule has 0 bridgehead atoms. The molecule has 1 aromatic heterocycles. The van der Waals surface area contributed by atoms with Crippen LogP contribution in [0.25, 0.3) is 5.69 Å². The number of rotatable bonds is 7. The number of hydrogen-bond acceptors (Lipinski definition) is 3. The highest BCUT2D eigenvalue weighted by atomic mass is 16.2. The van der Waals surface area contributed by atoms with Crippen molar-refractivity contribution in [2.45, 2.75) is 81.1 Å². The first-order chi connectivity index (χ1) is 15.1. The number of amides is 2. The van der Waals surface area contributed by atoms with Crippen LogP contribution in [0.4, 0.5) is 5.82 Å². The standard InChI is InChI=1S/C27H42N4O2/c1-18(2)16-30(25(33)15-26(5,6)7)17-24(32)28-23-14-22(27(8,9)10)29-31(23)21-13-11-12-19(3)20(21)4/h11-14,18H,15-17H2,1-10H3,(H,28,32). The number of aryl methyl sites for hydroxylation is 1. The number of carbonyl (C=O) groups is 2. The Kier molecular flexibility index (Phi) is 8.15. The normalized spacial score (nSPS) is 12.2. The van der Waals surface area contributed by atoms with Crippen LogP contribution in [0, 0.1) is 25.2 Å². The number of nitrogens with one attached hydrogen (secondary N) is 1. The van der Waals surface area contributed by atoms with E-state index in [0.717, 1.165) is 22.5 Å². The summed E-state index contributed by atoms with van der Waals surface area (Å²) >= 11 is 0. The van der Waals surface area contributed by atoms with Crippen molar-refractivity contribution in [1.82, 2.24) is 14.7 Å². The molecule has 2 aromatic rings. The summed E-state index contributed by atoms with van der Waals surface area (Å²) in [5.74, 6) is 0.677. The van der Waals surface area contributed by atoms with Crippen LogP contribution in [0.1, 0.15) is 78.6 Å². The number of anilines is 1. The molecule has 0 aliphatic heterocycles. The Labute approximate surface area is 199 Å². The van der Waals surface area contributed by atoms with E-state index in [1.54, 1.807) is 4.90 Å². The highest BCUT2D eigenvalue weighted by molar-refractivity contribution is 5.94. The van der Waals surface area contributed by atoms with Gasteiger partial charge in [-0.15, -0.1) is 0 Å². The van der Waals surface area contributed by atoms with Crippen LogP contribution >= 0.6 is 0 Å². The van der Waals surface area contributed by atoms with Gasteiger partial charge in [-0.3, -0.25) is 9.59 Å². The zero-order valence-corrected chi connectivity index (χ0v) is 22.2. The van der Waals surface area contributed by atoms with Crippen LogP contribution in [0.3, 0.4) is 0 Å². The molecule has 0 aliphatic carbocycles. The fourth-order valence-corrected chi connectivity index (χ4v) is 3.60. The van der Waals surface area contributed by atoms with Gasteiger partial charge in [0.05, 0.1) is 17.9 Å². The van der Waals surface area contributed by atoms with E-state index < -0.39 is 0 Å². The fraction of sp³-hybridized carbons (Fsp3) is 0.593. The third-order valence-corrected chi connectivity index (χ3v) is 5.50. The molecule has 0 spiro atoms. The number of nitrogens with zero attached hydrogens (tertiary/aromatic N) is 3. The van der Waals surface area contributed by atoms with Crippen molar-refractivity contribution in [2.75, 3.05) is 18.4 Å². The Morgan fingerprint density at radius 1 is 1.09 bits per heavy atom. The summed E-state index contributed by atoms with van der Waals surface area (Å²) in [6.07, 6.45) is 0.404. The van der Waals surface area contributed by atoms with Crippen LogP contribution in [0.5, 0.6) is 0 Å². The molecule has 1 heterocycles. The molecule has 0 radical (unpaired) electrons. The minimum Gasteiger partial charge on any atom is -0.333 e. The monoisotopic (exact) mass is 454 g/mol. The zero-order valence-electron chi connectivity index (χ0n) is 22.2. The topological polar surface area (TPSA) is 67.2 Å². The SMILES string of the molecule is Cc1cccc(-n2nc(C(C)(C)C)cc2NC(=O)CN(CC(C)C)C(=O)CC(C)(C)C)c1C. The van der Waals surface area contributed by atoms with E-state index in [1.165, 1.54) is 0 Å². The minimum absolute atomic E-state index is 0.00441. The minimum atomic E-state index is -0.218.